The van der Waals surface area contributed by atoms with E-state index in [1.807, 2.05) is 30.3 Å². The average Bonchev–Trinajstić information content (AvgIpc) is 2.57. The molecular formula is C18H19FN2O2S. The minimum atomic E-state index is -0.365. The number of halogens is 1. The SMILES string of the molecule is CN(CC(=O)Nc1ccc(F)cc1)C(=O)CSCc1ccccc1. The van der Waals surface area contributed by atoms with Crippen LogP contribution in [0.3, 0.4) is 0 Å². The van der Waals surface area contributed by atoms with E-state index < -0.39 is 0 Å². The Labute approximate surface area is 145 Å². The number of rotatable bonds is 7. The molecule has 0 saturated carbocycles. The van der Waals surface area contributed by atoms with Gasteiger partial charge in [0.05, 0.1) is 12.3 Å². The highest BCUT2D eigenvalue weighted by Gasteiger charge is 2.13. The molecule has 0 unspecified atom stereocenters. The van der Waals surface area contributed by atoms with Gasteiger partial charge in [-0.3, -0.25) is 9.59 Å². The summed E-state index contributed by atoms with van der Waals surface area (Å²) in [5.74, 6) is 0.281. The first-order valence-electron chi connectivity index (χ1n) is 7.45. The summed E-state index contributed by atoms with van der Waals surface area (Å²) in [6.07, 6.45) is 0. The Morgan fingerprint density at radius 2 is 1.75 bits per heavy atom. The fourth-order valence-corrected chi connectivity index (χ4v) is 2.90. The number of nitrogens with one attached hydrogen (secondary N) is 1. The normalized spacial score (nSPS) is 10.2. The molecule has 2 aromatic carbocycles. The molecule has 0 atom stereocenters. The molecule has 2 rings (SSSR count). The maximum absolute atomic E-state index is 12.8. The fourth-order valence-electron chi connectivity index (χ4n) is 1.98. The zero-order valence-corrected chi connectivity index (χ0v) is 14.2. The number of thioether (sulfide) groups is 1. The van der Waals surface area contributed by atoms with E-state index in [0.717, 1.165) is 11.3 Å². The van der Waals surface area contributed by atoms with Gasteiger partial charge in [-0.05, 0) is 29.8 Å². The average molecular weight is 346 g/mol. The van der Waals surface area contributed by atoms with Crippen LogP contribution in [0.15, 0.2) is 54.6 Å². The number of hydrogen-bond donors (Lipinski definition) is 1. The smallest absolute Gasteiger partial charge is 0.243 e. The second-order valence-corrected chi connectivity index (χ2v) is 6.27. The third-order valence-electron chi connectivity index (χ3n) is 3.27. The van der Waals surface area contributed by atoms with Gasteiger partial charge in [0, 0.05) is 18.5 Å². The van der Waals surface area contributed by atoms with Crippen LogP contribution < -0.4 is 5.32 Å². The first-order valence-corrected chi connectivity index (χ1v) is 8.61. The highest BCUT2D eigenvalue weighted by atomic mass is 32.2. The van der Waals surface area contributed by atoms with Gasteiger partial charge in [0.15, 0.2) is 0 Å². The molecule has 24 heavy (non-hydrogen) atoms. The van der Waals surface area contributed by atoms with Crippen LogP contribution in [0.5, 0.6) is 0 Å². The zero-order chi connectivity index (χ0) is 17.4. The first kappa shape index (κ1) is 18.0. The number of carbonyl (C=O) groups is 2. The topological polar surface area (TPSA) is 49.4 Å². The van der Waals surface area contributed by atoms with Gasteiger partial charge in [-0.2, -0.15) is 0 Å². The van der Waals surface area contributed by atoms with Gasteiger partial charge in [0.25, 0.3) is 0 Å². The number of nitrogens with zero attached hydrogens (tertiary/aromatic N) is 1. The lowest BCUT2D eigenvalue weighted by molar-refractivity contribution is -0.131. The molecule has 0 aromatic heterocycles. The van der Waals surface area contributed by atoms with Crippen molar-refractivity contribution in [2.45, 2.75) is 5.75 Å². The molecule has 0 saturated heterocycles. The van der Waals surface area contributed by atoms with E-state index in [0.29, 0.717) is 11.4 Å². The monoisotopic (exact) mass is 346 g/mol. The molecule has 126 valence electrons. The Morgan fingerprint density at radius 3 is 2.42 bits per heavy atom. The second kappa shape index (κ2) is 9.08. The Hall–Kier alpha value is -2.34. The third-order valence-corrected chi connectivity index (χ3v) is 4.26. The number of hydrogen-bond acceptors (Lipinski definition) is 3. The molecule has 6 heteroatoms. The van der Waals surface area contributed by atoms with Gasteiger partial charge in [-0.1, -0.05) is 30.3 Å². The molecular weight excluding hydrogens is 327 g/mol. The highest BCUT2D eigenvalue weighted by molar-refractivity contribution is 7.99. The summed E-state index contributed by atoms with van der Waals surface area (Å²) < 4.78 is 12.8. The van der Waals surface area contributed by atoms with Gasteiger partial charge in [-0.25, -0.2) is 4.39 Å². The summed E-state index contributed by atoms with van der Waals surface area (Å²) in [4.78, 5) is 25.3. The van der Waals surface area contributed by atoms with Crippen molar-refractivity contribution in [1.29, 1.82) is 0 Å². The number of carbonyl (C=O) groups excluding carboxylic acids is 2. The van der Waals surface area contributed by atoms with Crippen molar-refractivity contribution in [3.05, 3.63) is 66.0 Å². The maximum atomic E-state index is 12.8. The van der Waals surface area contributed by atoms with Gasteiger partial charge in [0.1, 0.15) is 5.82 Å². The number of likely N-dealkylation sites (N-methyl/N-ethyl adjacent to an activating group) is 1. The minimum absolute atomic E-state index is 0.0396. The zero-order valence-electron chi connectivity index (χ0n) is 13.4. The molecule has 1 N–H and O–H groups in total. The van der Waals surface area contributed by atoms with Crippen LogP contribution in [0.4, 0.5) is 10.1 Å². The van der Waals surface area contributed by atoms with E-state index in [1.54, 1.807) is 7.05 Å². The van der Waals surface area contributed by atoms with Crippen molar-refractivity contribution in [3.8, 4) is 0 Å². The summed E-state index contributed by atoms with van der Waals surface area (Å²) in [6.45, 7) is -0.0396. The van der Waals surface area contributed by atoms with E-state index >= 15 is 0 Å². The summed E-state index contributed by atoms with van der Waals surface area (Å²) in [7, 11) is 1.59. The van der Waals surface area contributed by atoms with Crippen LogP contribution in [0.1, 0.15) is 5.56 Å². The fraction of sp³-hybridized carbons (Fsp3) is 0.222. The van der Waals surface area contributed by atoms with E-state index in [-0.39, 0.29) is 24.2 Å². The summed E-state index contributed by atoms with van der Waals surface area (Å²) in [5.41, 5.74) is 1.66. The second-order valence-electron chi connectivity index (χ2n) is 5.28. The van der Waals surface area contributed by atoms with Crippen LogP contribution in [0, 0.1) is 5.82 Å². The van der Waals surface area contributed by atoms with Gasteiger partial charge >= 0.3 is 0 Å². The van der Waals surface area contributed by atoms with Crippen LogP contribution in [0.25, 0.3) is 0 Å². The largest absolute Gasteiger partial charge is 0.336 e. The Kier molecular flexibility index (Phi) is 6.81. The van der Waals surface area contributed by atoms with E-state index in [2.05, 4.69) is 5.32 Å². The van der Waals surface area contributed by atoms with Gasteiger partial charge in [0.2, 0.25) is 11.8 Å². The summed E-state index contributed by atoms with van der Waals surface area (Å²) >= 11 is 1.51. The molecule has 0 bridgehead atoms. The van der Waals surface area contributed by atoms with E-state index in [4.69, 9.17) is 0 Å². The molecule has 0 spiro atoms. The Bertz CT molecular complexity index is 677. The number of anilines is 1. The lowest BCUT2D eigenvalue weighted by Crippen LogP contribution is -2.35. The Morgan fingerprint density at radius 1 is 1.08 bits per heavy atom. The molecule has 2 amide bonds. The predicted octanol–water partition coefficient (Wildman–Crippen LogP) is 3.16. The standard InChI is InChI=1S/C18H19FN2O2S/c1-21(11-17(22)20-16-9-7-15(19)8-10-16)18(23)13-24-12-14-5-3-2-4-6-14/h2-10H,11-13H2,1H3,(H,20,22). The van der Waals surface area contributed by atoms with Crippen LogP contribution in [0.2, 0.25) is 0 Å². The summed E-state index contributed by atoms with van der Waals surface area (Å²) in [6, 6.07) is 15.4. The van der Waals surface area contributed by atoms with Crippen LogP contribution in [-0.4, -0.2) is 36.1 Å². The highest BCUT2D eigenvalue weighted by Crippen LogP contribution is 2.12. The molecule has 2 aromatic rings. The molecule has 0 aliphatic heterocycles. The van der Waals surface area contributed by atoms with Crippen LogP contribution >= 0.6 is 11.8 Å². The van der Waals surface area contributed by atoms with Crippen LogP contribution in [-0.2, 0) is 15.3 Å². The quantitative estimate of drug-likeness (QED) is 0.838. The van der Waals surface area contributed by atoms with Crippen molar-refractivity contribution in [2.75, 3.05) is 24.7 Å². The predicted molar refractivity (Wildman–Crippen MR) is 95.3 cm³/mol. The molecule has 0 aliphatic rings. The first-order chi connectivity index (χ1) is 11.5. The van der Waals surface area contributed by atoms with Crippen molar-refractivity contribution < 1.29 is 14.0 Å². The van der Waals surface area contributed by atoms with Crippen molar-refractivity contribution in [3.63, 3.8) is 0 Å². The third kappa shape index (κ3) is 6.04. The van der Waals surface area contributed by atoms with E-state index in [9.17, 15) is 14.0 Å². The molecule has 4 nitrogen and oxygen atoms in total. The maximum Gasteiger partial charge on any atom is 0.243 e. The van der Waals surface area contributed by atoms with E-state index in [1.165, 1.54) is 40.9 Å². The lowest BCUT2D eigenvalue weighted by atomic mass is 10.2. The van der Waals surface area contributed by atoms with Gasteiger partial charge in [-0.15, -0.1) is 11.8 Å². The van der Waals surface area contributed by atoms with Crippen molar-refractivity contribution in [1.82, 2.24) is 4.90 Å². The molecule has 0 radical (unpaired) electrons. The van der Waals surface area contributed by atoms with Crippen molar-refractivity contribution in [2.24, 2.45) is 0 Å². The van der Waals surface area contributed by atoms with Gasteiger partial charge < -0.3 is 10.2 Å². The molecule has 0 heterocycles. The minimum Gasteiger partial charge on any atom is -0.336 e. The number of amides is 2. The Balaban J connectivity index is 1.72. The summed E-state index contributed by atoms with van der Waals surface area (Å²) in [5, 5.41) is 2.63. The lowest BCUT2D eigenvalue weighted by Gasteiger charge is -2.16. The van der Waals surface area contributed by atoms with Crippen molar-refractivity contribution >= 4 is 29.3 Å². The number of benzene rings is 2. The molecule has 0 fully saturated rings. The molecule has 0 aliphatic carbocycles.